The van der Waals surface area contributed by atoms with Gasteiger partial charge in [-0.3, -0.25) is 5.43 Å². The van der Waals surface area contributed by atoms with Crippen LogP contribution in [0.3, 0.4) is 0 Å². The number of para-hydroxylation sites is 1. The van der Waals surface area contributed by atoms with Crippen molar-refractivity contribution in [2.24, 2.45) is 0 Å². The Morgan fingerprint density at radius 1 is 1.29 bits per heavy atom. The van der Waals surface area contributed by atoms with Crippen LogP contribution in [0.15, 0.2) is 34.9 Å². The SMILES string of the molecule is CN[C@@H]1CCN(Nc2ncc3oc4ccccc4c3n2)C1. The second-order valence-corrected chi connectivity index (χ2v) is 5.34. The molecule has 0 spiro atoms. The van der Waals surface area contributed by atoms with Crippen molar-refractivity contribution in [1.29, 1.82) is 0 Å². The third-order valence-corrected chi connectivity index (χ3v) is 3.97. The van der Waals surface area contributed by atoms with E-state index in [-0.39, 0.29) is 0 Å². The molecule has 0 aliphatic carbocycles. The standard InChI is InChI=1S/C15H17N5O/c1-16-10-6-7-20(9-10)19-15-17-8-13-14(18-15)11-4-2-3-5-12(11)21-13/h2-5,8,10,16H,6-7,9H2,1H3,(H,17,18,19)/t10-/m1/s1. The highest BCUT2D eigenvalue weighted by molar-refractivity contribution is 6.02. The molecular weight excluding hydrogens is 266 g/mol. The van der Waals surface area contributed by atoms with E-state index in [1.54, 1.807) is 6.20 Å². The number of benzene rings is 1. The Bertz CT molecular complexity index is 784. The molecule has 108 valence electrons. The van der Waals surface area contributed by atoms with Crippen molar-refractivity contribution in [2.45, 2.75) is 12.5 Å². The number of hydrogen-bond acceptors (Lipinski definition) is 6. The molecule has 2 aromatic heterocycles. The van der Waals surface area contributed by atoms with Crippen molar-refractivity contribution in [3.8, 4) is 0 Å². The summed E-state index contributed by atoms with van der Waals surface area (Å²) in [6, 6.07) is 8.44. The number of hydrazine groups is 1. The van der Waals surface area contributed by atoms with Gasteiger partial charge in [-0.2, -0.15) is 0 Å². The lowest BCUT2D eigenvalue weighted by Crippen LogP contribution is -2.33. The fourth-order valence-corrected chi connectivity index (χ4v) is 2.80. The number of nitrogens with one attached hydrogen (secondary N) is 2. The molecular formula is C15H17N5O. The molecule has 2 N–H and O–H groups in total. The molecule has 0 bridgehead atoms. The average molecular weight is 283 g/mol. The highest BCUT2D eigenvalue weighted by atomic mass is 16.3. The highest BCUT2D eigenvalue weighted by Crippen LogP contribution is 2.27. The minimum absolute atomic E-state index is 0.524. The number of furan rings is 1. The van der Waals surface area contributed by atoms with Gasteiger partial charge >= 0.3 is 0 Å². The number of fused-ring (bicyclic) bond motifs is 3. The molecule has 4 rings (SSSR count). The minimum atomic E-state index is 0.524. The van der Waals surface area contributed by atoms with Crippen molar-refractivity contribution in [2.75, 3.05) is 25.6 Å². The zero-order chi connectivity index (χ0) is 14.2. The van der Waals surface area contributed by atoms with E-state index in [1.165, 1.54) is 0 Å². The maximum atomic E-state index is 5.74. The summed E-state index contributed by atoms with van der Waals surface area (Å²) in [6.45, 7) is 1.93. The van der Waals surface area contributed by atoms with E-state index in [0.717, 1.165) is 41.6 Å². The highest BCUT2D eigenvalue weighted by Gasteiger charge is 2.21. The van der Waals surface area contributed by atoms with Gasteiger partial charge in [0.05, 0.1) is 6.20 Å². The smallest absolute Gasteiger partial charge is 0.238 e. The van der Waals surface area contributed by atoms with Crippen LogP contribution in [0.2, 0.25) is 0 Å². The summed E-state index contributed by atoms with van der Waals surface area (Å²) >= 11 is 0. The van der Waals surface area contributed by atoms with Gasteiger partial charge in [0.2, 0.25) is 5.95 Å². The Kier molecular flexibility index (Phi) is 2.98. The predicted octanol–water partition coefficient (Wildman–Crippen LogP) is 2.00. The molecule has 3 heterocycles. The van der Waals surface area contributed by atoms with Crippen LogP contribution in [0.5, 0.6) is 0 Å². The minimum Gasteiger partial charge on any atom is -0.453 e. The molecule has 6 nitrogen and oxygen atoms in total. The third-order valence-electron chi connectivity index (χ3n) is 3.97. The number of hydrogen-bond donors (Lipinski definition) is 2. The molecule has 0 saturated carbocycles. The van der Waals surface area contributed by atoms with E-state index in [2.05, 4.69) is 25.7 Å². The Balaban J connectivity index is 1.65. The summed E-state index contributed by atoms with van der Waals surface area (Å²) in [4.78, 5) is 8.94. The fourth-order valence-electron chi connectivity index (χ4n) is 2.80. The van der Waals surface area contributed by atoms with Crippen LogP contribution < -0.4 is 10.7 Å². The summed E-state index contributed by atoms with van der Waals surface area (Å²) in [5, 5.41) is 6.46. The van der Waals surface area contributed by atoms with Crippen LogP contribution in [-0.2, 0) is 0 Å². The molecule has 1 aliphatic heterocycles. The summed E-state index contributed by atoms with van der Waals surface area (Å²) in [5.41, 5.74) is 5.70. The molecule has 6 heteroatoms. The molecule has 1 atom stereocenters. The second kappa shape index (κ2) is 4.98. The lowest BCUT2D eigenvalue weighted by atomic mass is 10.2. The Morgan fingerprint density at radius 2 is 2.19 bits per heavy atom. The zero-order valence-electron chi connectivity index (χ0n) is 11.8. The second-order valence-electron chi connectivity index (χ2n) is 5.34. The average Bonchev–Trinajstić information content (AvgIpc) is 3.11. The third kappa shape index (κ3) is 2.22. The molecule has 3 aromatic rings. The van der Waals surface area contributed by atoms with Gasteiger partial charge < -0.3 is 9.73 Å². The van der Waals surface area contributed by atoms with Crippen molar-refractivity contribution < 1.29 is 4.42 Å². The first-order valence-electron chi connectivity index (χ1n) is 7.16. The first-order valence-corrected chi connectivity index (χ1v) is 7.16. The first kappa shape index (κ1) is 12.6. The van der Waals surface area contributed by atoms with Gasteiger partial charge in [-0.25, -0.2) is 15.0 Å². The van der Waals surface area contributed by atoms with E-state index in [1.807, 2.05) is 31.3 Å². The van der Waals surface area contributed by atoms with Crippen molar-refractivity contribution in [1.82, 2.24) is 20.3 Å². The van der Waals surface area contributed by atoms with Gasteiger partial charge in [-0.15, -0.1) is 0 Å². The van der Waals surface area contributed by atoms with E-state index < -0.39 is 0 Å². The van der Waals surface area contributed by atoms with Crippen LogP contribution >= 0.6 is 0 Å². The van der Waals surface area contributed by atoms with Gasteiger partial charge in [0, 0.05) is 24.5 Å². The van der Waals surface area contributed by atoms with Crippen molar-refractivity contribution in [3.63, 3.8) is 0 Å². The molecule has 1 fully saturated rings. The van der Waals surface area contributed by atoms with E-state index in [0.29, 0.717) is 12.0 Å². The summed E-state index contributed by atoms with van der Waals surface area (Å²) in [6.07, 6.45) is 2.86. The summed E-state index contributed by atoms with van der Waals surface area (Å²) in [5.74, 6) is 0.616. The van der Waals surface area contributed by atoms with Gasteiger partial charge in [-0.1, -0.05) is 12.1 Å². The number of rotatable bonds is 3. The Morgan fingerprint density at radius 3 is 3.05 bits per heavy atom. The number of likely N-dealkylation sites (N-methyl/N-ethyl adjacent to an activating group) is 1. The largest absolute Gasteiger partial charge is 0.453 e. The number of aromatic nitrogens is 2. The zero-order valence-corrected chi connectivity index (χ0v) is 11.8. The lowest BCUT2D eigenvalue weighted by Gasteiger charge is -2.16. The molecule has 0 unspecified atom stereocenters. The van der Waals surface area contributed by atoms with Crippen LogP contribution in [0.25, 0.3) is 22.1 Å². The first-order chi connectivity index (χ1) is 10.3. The molecule has 1 saturated heterocycles. The van der Waals surface area contributed by atoms with Crippen LogP contribution in [-0.4, -0.2) is 41.2 Å². The predicted molar refractivity (Wildman–Crippen MR) is 82.0 cm³/mol. The van der Waals surface area contributed by atoms with Crippen LogP contribution in [0.4, 0.5) is 5.95 Å². The topological polar surface area (TPSA) is 66.2 Å². The van der Waals surface area contributed by atoms with E-state index in [4.69, 9.17) is 4.42 Å². The monoisotopic (exact) mass is 283 g/mol. The number of anilines is 1. The molecule has 21 heavy (non-hydrogen) atoms. The fraction of sp³-hybridized carbons (Fsp3) is 0.333. The van der Waals surface area contributed by atoms with Crippen LogP contribution in [0.1, 0.15) is 6.42 Å². The molecule has 1 aliphatic rings. The van der Waals surface area contributed by atoms with Gasteiger partial charge in [-0.05, 0) is 25.6 Å². The maximum absolute atomic E-state index is 5.74. The quantitative estimate of drug-likeness (QED) is 0.766. The lowest BCUT2D eigenvalue weighted by molar-refractivity contribution is 0.393. The molecule has 1 aromatic carbocycles. The maximum Gasteiger partial charge on any atom is 0.238 e. The van der Waals surface area contributed by atoms with E-state index >= 15 is 0 Å². The normalized spacial score (nSPS) is 19.6. The number of nitrogens with zero attached hydrogens (tertiary/aromatic N) is 3. The molecule has 0 radical (unpaired) electrons. The van der Waals surface area contributed by atoms with Gasteiger partial charge in [0.25, 0.3) is 0 Å². The van der Waals surface area contributed by atoms with Gasteiger partial charge in [0.15, 0.2) is 5.58 Å². The Hall–Kier alpha value is -2.18. The Labute approximate surface area is 122 Å². The van der Waals surface area contributed by atoms with Crippen molar-refractivity contribution in [3.05, 3.63) is 30.5 Å². The van der Waals surface area contributed by atoms with Gasteiger partial charge in [0.1, 0.15) is 11.1 Å². The summed E-state index contributed by atoms with van der Waals surface area (Å²) in [7, 11) is 1.99. The summed E-state index contributed by atoms with van der Waals surface area (Å²) < 4.78 is 5.74. The van der Waals surface area contributed by atoms with Crippen LogP contribution in [0, 0.1) is 0 Å². The molecule has 0 amide bonds. The van der Waals surface area contributed by atoms with Crippen molar-refractivity contribution >= 4 is 28.0 Å². The van der Waals surface area contributed by atoms with E-state index in [9.17, 15) is 0 Å².